The lowest BCUT2D eigenvalue weighted by atomic mass is 10.1. The standard InChI is InChI=1S/C13H12F3NOS/c1-8-2-4-9(5-3-8)6-10(18)11-7-17-12(19-11)13(14,15)16/h2-5,7,10,18H,6H2,1H3. The van der Waals surface area contributed by atoms with Gasteiger partial charge in [0, 0.05) is 12.6 Å². The first kappa shape index (κ1) is 14.0. The highest BCUT2D eigenvalue weighted by Crippen LogP contribution is 2.34. The molecule has 0 aliphatic rings. The van der Waals surface area contributed by atoms with Crippen LogP contribution in [0.2, 0.25) is 0 Å². The van der Waals surface area contributed by atoms with Gasteiger partial charge in [0.2, 0.25) is 0 Å². The number of aromatic nitrogens is 1. The van der Waals surface area contributed by atoms with Crippen LogP contribution in [-0.4, -0.2) is 10.1 Å². The summed E-state index contributed by atoms with van der Waals surface area (Å²) in [5, 5.41) is 9.00. The molecule has 1 atom stereocenters. The van der Waals surface area contributed by atoms with E-state index in [1.165, 1.54) is 0 Å². The van der Waals surface area contributed by atoms with E-state index >= 15 is 0 Å². The normalized spacial score (nSPS) is 13.5. The fourth-order valence-electron chi connectivity index (χ4n) is 1.62. The molecule has 0 aliphatic heterocycles. The quantitative estimate of drug-likeness (QED) is 0.932. The molecule has 1 aromatic heterocycles. The number of thiazole rings is 1. The summed E-state index contributed by atoms with van der Waals surface area (Å²) in [4.78, 5) is 3.53. The molecule has 0 fully saturated rings. The van der Waals surface area contributed by atoms with Crippen LogP contribution in [0.25, 0.3) is 0 Å². The molecule has 6 heteroatoms. The third-order valence-electron chi connectivity index (χ3n) is 2.64. The minimum atomic E-state index is -4.45. The van der Waals surface area contributed by atoms with Gasteiger partial charge in [-0.2, -0.15) is 13.2 Å². The number of halogens is 3. The average molecular weight is 287 g/mol. The molecule has 2 rings (SSSR count). The molecule has 0 aliphatic carbocycles. The minimum absolute atomic E-state index is 0.230. The van der Waals surface area contributed by atoms with E-state index in [1.807, 2.05) is 31.2 Å². The first-order valence-electron chi connectivity index (χ1n) is 5.63. The second-order valence-electron chi connectivity index (χ2n) is 4.27. The Morgan fingerprint density at radius 2 is 1.89 bits per heavy atom. The summed E-state index contributed by atoms with van der Waals surface area (Å²) in [5.74, 6) is 0. The summed E-state index contributed by atoms with van der Waals surface area (Å²) in [6.07, 6.45) is -4.05. The zero-order valence-corrected chi connectivity index (χ0v) is 10.9. The molecular weight excluding hydrogens is 275 g/mol. The molecule has 1 unspecified atom stereocenters. The summed E-state index contributed by atoms with van der Waals surface area (Å²) < 4.78 is 37.2. The minimum Gasteiger partial charge on any atom is -0.387 e. The molecule has 0 saturated carbocycles. The maximum absolute atomic E-state index is 12.4. The van der Waals surface area contributed by atoms with Gasteiger partial charge in [-0.3, -0.25) is 0 Å². The van der Waals surface area contributed by atoms with Crippen molar-refractivity contribution in [3.05, 3.63) is 51.5 Å². The number of aliphatic hydroxyl groups excluding tert-OH is 1. The smallest absolute Gasteiger partial charge is 0.387 e. The molecule has 0 amide bonds. The van der Waals surface area contributed by atoms with Crippen LogP contribution in [0.5, 0.6) is 0 Å². The van der Waals surface area contributed by atoms with Gasteiger partial charge in [0.05, 0.1) is 11.0 Å². The largest absolute Gasteiger partial charge is 0.443 e. The number of hydrogen-bond acceptors (Lipinski definition) is 3. The summed E-state index contributed by atoms with van der Waals surface area (Å²) in [6.45, 7) is 1.94. The Morgan fingerprint density at radius 3 is 2.42 bits per heavy atom. The van der Waals surface area contributed by atoms with Gasteiger partial charge in [0.1, 0.15) is 0 Å². The van der Waals surface area contributed by atoms with Crippen molar-refractivity contribution in [1.29, 1.82) is 0 Å². The van der Waals surface area contributed by atoms with Gasteiger partial charge in [0.15, 0.2) is 5.01 Å². The third-order valence-corrected chi connectivity index (χ3v) is 3.79. The van der Waals surface area contributed by atoms with Crippen molar-refractivity contribution < 1.29 is 18.3 Å². The van der Waals surface area contributed by atoms with Crippen molar-refractivity contribution in [2.75, 3.05) is 0 Å². The molecule has 2 nitrogen and oxygen atoms in total. The molecule has 0 spiro atoms. The van der Waals surface area contributed by atoms with Gasteiger partial charge in [-0.1, -0.05) is 29.8 Å². The van der Waals surface area contributed by atoms with Crippen LogP contribution in [0.3, 0.4) is 0 Å². The monoisotopic (exact) mass is 287 g/mol. The molecule has 102 valence electrons. The van der Waals surface area contributed by atoms with Gasteiger partial charge in [0.25, 0.3) is 0 Å². The first-order chi connectivity index (χ1) is 8.86. The molecule has 1 aromatic carbocycles. The maximum Gasteiger partial charge on any atom is 0.443 e. The van der Waals surface area contributed by atoms with Crippen LogP contribution >= 0.6 is 11.3 Å². The highest BCUT2D eigenvalue weighted by Gasteiger charge is 2.35. The van der Waals surface area contributed by atoms with E-state index in [-0.39, 0.29) is 11.3 Å². The van der Waals surface area contributed by atoms with Crippen LogP contribution in [0, 0.1) is 6.92 Å². The van der Waals surface area contributed by atoms with E-state index in [2.05, 4.69) is 4.98 Å². The Morgan fingerprint density at radius 1 is 1.26 bits per heavy atom. The number of benzene rings is 1. The van der Waals surface area contributed by atoms with E-state index in [0.717, 1.165) is 17.3 Å². The first-order valence-corrected chi connectivity index (χ1v) is 6.44. The van der Waals surface area contributed by atoms with Crippen LogP contribution in [0.4, 0.5) is 13.2 Å². The number of aliphatic hydroxyl groups is 1. The Bertz CT molecular complexity index is 548. The highest BCUT2D eigenvalue weighted by atomic mass is 32.1. The van der Waals surface area contributed by atoms with E-state index in [9.17, 15) is 18.3 Å². The SMILES string of the molecule is Cc1ccc(CC(O)c2cnc(C(F)(F)F)s2)cc1. The maximum atomic E-state index is 12.4. The molecule has 1 heterocycles. The van der Waals surface area contributed by atoms with E-state index in [1.54, 1.807) is 0 Å². The molecule has 0 bridgehead atoms. The van der Waals surface area contributed by atoms with Crippen LogP contribution in [-0.2, 0) is 12.6 Å². The Labute approximate surface area is 112 Å². The summed E-state index contributed by atoms with van der Waals surface area (Å²) >= 11 is 0.484. The van der Waals surface area contributed by atoms with Crippen molar-refractivity contribution >= 4 is 11.3 Å². The van der Waals surface area contributed by atoms with Crippen LogP contribution in [0.15, 0.2) is 30.5 Å². The Kier molecular flexibility index (Phi) is 3.91. The molecule has 2 aromatic rings. The Balaban J connectivity index is 2.09. The third kappa shape index (κ3) is 3.54. The molecule has 1 N–H and O–H groups in total. The topological polar surface area (TPSA) is 33.1 Å². The predicted molar refractivity (Wildman–Crippen MR) is 67.0 cm³/mol. The lowest BCUT2D eigenvalue weighted by molar-refractivity contribution is -0.137. The van der Waals surface area contributed by atoms with Gasteiger partial charge in [-0.05, 0) is 12.5 Å². The zero-order valence-electron chi connectivity index (χ0n) is 10.1. The van der Waals surface area contributed by atoms with Crippen molar-refractivity contribution in [2.24, 2.45) is 0 Å². The summed E-state index contributed by atoms with van der Waals surface area (Å²) in [6, 6.07) is 7.50. The lowest BCUT2D eigenvalue weighted by Gasteiger charge is -2.08. The number of hydrogen-bond donors (Lipinski definition) is 1. The molecule has 0 saturated heterocycles. The van der Waals surface area contributed by atoms with E-state index in [0.29, 0.717) is 11.3 Å². The predicted octanol–water partition coefficient (Wildman–Crippen LogP) is 3.75. The van der Waals surface area contributed by atoms with Gasteiger partial charge in [-0.15, -0.1) is 11.3 Å². The van der Waals surface area contributed by atoms with Gasteiger partial charge < -0.3 is 5.11 Å². The highest BCUT2D eigenvalue weighted by molar-refractivity contribution is 7.11. The van der Waals surface area contributed by atoms with Crippen molar-refractivity contribution in [3.8, 4) is 0 Å². The fraction of sp³-hybridized carbons (Fsp3) is 0.308. The van der Waals surface area contributed by atoms with E-state index < -0.39 is 17.3 Å². The fourth-order valence-corrected chi connectivity index (χ4v) is 2.39. The van der Waals surface area contributed by atoms with Crippen molar-refractivity contribution in [2.45, 2.75) is 25.6 Å². The molecule has 0 radical (unpaired) electrons. The number of nitrogens with zero attached hydrogens (tertiary/aromatic N) is 1. The summed E-state index contributed by atoms with van der Waals surface area (Å²) in [7, 11) is 0. The number of aryl methyl sites for hydroxylation is 1. The van der Waals surface area contributed by atoms with E-state index in [4.69, 9.17) is 0 Å². The lowest BCUT2D eigenvalue weighted by Crippen LogP contribution is -2.03. The van der Waals surface area contributed by atoms with Gasteiger partial charge in [-0.25, -0.2) is 4.98 Å². The van der Waals surface area contributed by atoms with Crippen molar-refractivity contribution in [1.82, 2.24) is 4.98 Å². The van der Waals surface area contributed by atoms with Gasteiger partial charge >= 0.3 is 6.18 Å². The van der Waals surface area contributed by atoms with Crippen LogP contribution in [0.1, 0.15) is 27.1 Å². The van der Waals surface area contributed by atoms with Crippen molar-refractivity contribution in [3.63, 3.8) is 0 Å². The molecular formula is C13H12F3NOS. The second-order valence-corrected chi connectivity index (χ2v) is 5.33. The average Bonchev–Trinajstić information content (AvgIpc) is 2.81. The van der Waals surface area contributed by atoms with Crippen LogP contribution < -0.4 is 0 Å². The summed E-state index contributed by atoms with van der Waals surface area (Å²) in [5.41, 5.74) is 1.97. The zero-order chi connectivity index (χ0) is 14.0. The molecule has 19 heavy (non-hydrogen) atoms. The Hall–Kier alpha value is -1.40. The number of rotatable bonds is 3. The number of alkyl halides is 3. The second kappa shape index (κ2) is 5.30.